The molecule has 0 radical (unpaired) electrons. The van der Waals surface area contributed by atoms with Crippen LogP contribution in [0.5, 0.6) is 0 Å². The highest BCUT2D eigenvalue weighted by Crippen LogP contribution is 2.29. The van der Waals surface area contributed by atoms with Gasteiger partial charge in [-0.25, -0.2) is 4.79 Å². The highest BCUT2D eigenvalue weighted by Gasteiger charge is 2.29. The van der Waals surface area contributed by atoms with Gasteiger partial charge in [0.25, 0.3) is 0 Å². The smallest absolute Gasteiger partial charge is 0.340 e. The third-order valence-corrected chi connectivity index (χ3v) is 2.87. The third-order valence-electron chi connectivity index (χ3n) is 2.87. The number of allylic oxidation sites excluding steroid dienone is 2. The second-order valence-electron chi connectivity index (χ2n) is 4.69. The van der Waals surface area contributed by atoms with E-state index in [2.05, 4.69) is 6.58 Å². The maximum atomic E-state index is 12.0. The van der Waals surface area contributed by atoms with Gasteiger partial charge in [0.05, 0.1) is 24.4 Å². The molecule has 0 aliphatic carbocycles. The van der Waals surface area contributed by atoms with Gasteiger partial charge >= 0.3 is 5.97 Å². The van der Waals surface area contributed by atoms with Crippen LogP contribution in [0.3, 0.4) is 0 Å². The summed E-state index contributed by atoms with van der Waals surface area (Å²) in [5.41, 5.74) is 2.08. The summed E-state index contributed by atoms with van der Waals surface area (Å²) in [6, 6.07) is 0. The zero-order chi connectivity index (χ0) is 16.6. The number of likely N-dealkylation sites (N-methyl/N-ethyl adjacent to an activating group) is 1. The van der Waals surface area contributed by atoms with Crippen LogP contribution in [0.4, 0.5) is 0 Å². The molecule has 0 fully saturated rings. The summed E-state index contributed by atoms with van der Waals surface area (Å²) >= 11 is 0. The number of hydrogen-bond donors (Lipinski definition) is 0. The molecule has 1 aliphatic rings. The van der Waals surface area contributed by atoms with E-state index in [0.717, 1.165) is 17.8 Å². The van der Waals surface area contributed by atoms with E-state index >= 15 is 0 Å². The van der Waals surface area contributed by atoms with Crippen molar-refractivity contribution in [1.82, 2.24) is 4.90 Å². The minimum Gasteiger partial charge on any atom is -0.486 e. The molecule has 1 heterocycles. The minimum absolute atomic E-state index is 0.0701. The second-order valence-corrected chi connectivity index (χ2v) is 4.69. The fourth-order valence-corrected chi connectivity index (χ4v) is 2.14. The summed E-state index contributed by atoms with van der Waals surface area (Å²) in [4.78, 5) is 14.1. The summed E-state index contributed by atoms with van der Waals surface area (Å²) in [7, 11) is 1.94. The number of rotatable bonds is 4. The Kier molecular flexibility index (Phi) is 8.51. The highest BCUT2D eigenvalue weighted by atomic mass is 16.5. The molecule has 1 aliphatic heterocycles. The molecular formula is C17H29NO3. The summed E-state index contributed by atoms with van der Waals surface area (Å²) in [5, 5.41) is 0. The van der Waals surface area contributed by atoms with Gasteiger partial charge in [-0.05, 0) is 33.3 Å². The van der Waals surface area contributed by atoms with E-state index < -0.39 is 0 Å². The first-order chi connectivity index (χ1) is 9.92. The van der Waals surface area contributed by atoms with Gasteiger partial charge in [-0.2, -0.15) is 0 Å². The zero-order valence-corrected chi connectivity index (χ0v) is 14.4. The van der Waals surface area contributed by atoms with E-state index in [1.807, 2.05) is 46.6 Å². The summed E-state index contributed by atoms with van der Waals surface area (Å²) in [6.07, 6.45) is 1.83. The first-order valence-electron chi connectivity index (χ1n) is 7.54. The van der Waals surface area contributed by atoms with Crippen molar-refractivity contribution in [3.8, 4) is 0 Å². The van der Waals surface area contributed by atoms with Gasteiger partial charge < -0.3 is 14.4 Å². The van der Waals surface area contributed by atoms with E-state index in [1.54, 1.807) is 13.0 Å². The lowest BCUT2D eigenvalue weighted by molar-refractivity contribution is -0.138. The molecule has 0 amide bonds. The molecule has 21 heavy (non-hydrogen) atoms. The number of nitrogens with zero attached hydrogens (tertiary/aromatic N) is 1. The molecule has 1 atom stereocenters. The Hall–Kier alpha value is -1.71. The van der Waals surface area contributed by atoms with Crippen LogP contribution in [0.25, 0.3) is 0 Å². The standard InChI is InChI=1S/C15H23NO3.C2H6/c1-7-12(15(17)18-8-2)13-14(10(3)4)19-11(5)9-16(13)6;1-2/h7,11H,3,8-9H2,1-2,4-6H3;1-2H3/b12-7+;. The van der Waals surface area contributed by atoms with Crippen LogP contribution >= 0.6 is 0 Å². The minimum atomic E-state index is -0.330. The monoisotopic (exact) mass is 295 g/mol. The van der Waals surface area contributed by atoms with Crippen LogP contribution in [0, 0.1) is 0 Å². The van der Waals surface area contributed by atoms with Crippen molar-refractivity contribution in [2.24, 2.45) is 0 Å². The SMILES string of the molecule is C=C(C)C1=C(/C(=C\C)C(=O)OCC)N(C)CC(C)O1.CC. The average molecular weight is 295 g/mol. The molecule has 0 saturated carbocycles. The van der Waals surface area contributed by atoms with Crippen LogP contribution < -0.4 is 0 Å². The molecule has 1 unspecified atom stereocenters. The van der Waals surface area contributed by atoms with E-state index in [0.29, 0.717) is 17.9 Å². The van der Waals surface area contributed by atoms with Gasteiger partial charge in [-0.1, -0.05) is 26.5 Å². The number of esters is 1. The van der Waals surface area contributed by atoms with Gasteiger partial charge in [0, 0.05) is 7.05 Å². The predicted molar refractivity (Wildman–Crippen MR) is 86.8 cm³/mol. The van der Waals surface area contributed by atoms with E-state index in [1.165, 1.54) is 0 Å². The van der Waals surface area contributed by atoms with Crippen LogP contribution in [0.15, 0.2) is 35.3 Å². The average Bonchev–Trinajstić information content (AvgIpc) is 2.43. The Bertz CT molecular complexity index is 435. The van der Waals surface area contributed by atoms with Crippen molar-refractivity contribution < 1.29 is 14.3 Å². The molecule has 120 valence electrons. The first-order valence-corrected chi connectivity index (χ1v) is 7.54. The maximum absolute atomic E-state index is 12.0. The van der Waals surface area contributed by atoms with Crippen molar-refractivity contribution in [1.29, 1.82) is 0 Å². The summed E-state index contributed by atoms with van der Waals surface area (Å²) < 4.78 is 10.9. The Balaban J connectivity index is 0.00000191. The highest BCUT2D eigenvalue weighted by molar-refractivity contribution is 5.93. The Labute approximate surface area is 129 Å². The van der Waals surface area contributed by atoms with E-state index in [4.69, 9.17) is 9.47 Å². The quantitative estimate of drug-likeness (QED) is 0.586. The second kappa shape index (κ2) is 9.27. The summed E-state index contributed by atoms with van der Waals surface area (Å²) in [6.45, 7) is 16.5. The Morgan fingerprint density at radius 2 is 2.10 bits per heavy atom. The molecule has 0 aromatic heterocycles. The van der Waals surface area contributed by atoms with Crippen LogP contribution in [-0.4, -0.2) is 37.2 Å². The van der Waals surface area contributed by atoms with Crippen molar-refractivity contribution in [2.45, 2.75) is 47.6 Å². The molecule has 0 N–H and O–H groups in total. The van der Waals surface area contributed by atoms with Crippen molar-refractivity contribution in [3.05, 3.63) is 35.3 Å². The van der Waals surface area contributed by atoms with Gasteiger partial charge in [0.1, 0.15) is 11.9 Å². The number of ether oxygens (including phenoxy) is 2. The lowest BCUT2D eigenvalue weighted by atomic mass is 10.0. The Morgan fingerprint density at radius 1 is 1.52 bits per heavy atom. The molecule has 0 bridgehead atoms. The van der Waals surface area contributed by atoms with Gasteiger partial charge in [-0.15, -0.1) is 0 Å². The van der Waals surface area contributed by atoms with Crippen LogP contribution in [-0.2, 0) is 14.3 Å². The number of carbonyl (C=O) groups excluding carboxylic acids is 1. The fraction of sp³-hybridized carbons (Fsp3) is 0.588. The first kappa shape index (κ1) is 19.3. The summed E-state index contributed by atoms with van der Waals surface area (Å²) in [5.74, 6) is 0.339. The van der Waals surface area contributed by atoms with Crippen LogP contribution in [0.2, 0.25) is 0 Å². The lowest BCUT2D eigenvalue weighted by Gasteiger charge is -2.35. The van der Waals surface area contributed by atoms with E-state index in [-0.39, 0.29) is 12.1 Å². The lowest BCUT2D eigenvalue weighted by Crippen LogP contribution is -2.37. The molecule has 1 rings (SSSR count). The molecule has 0 saturated heterocycles. The molecule has 0 aromatic carbocycles. The van der Waals surface area contributed by atoms with Gasteiger partial charge in [-0.3, -0.25) is 0 Å². The normalized spacial score (nSPS) is 18.5. The molecular weight excluding hydrogens is 266 g/mol. The zero-order valence-electron chi connectivity index (χ0n) is 14.4. The van der Waals surface area contributed by atoms with Crippen molar-refractivity contribution in [3.63, 3.8) is 0 Å². The molecule has 0 aromatic rings. The molecule has 0 spiro atoms. The van der Waals surface area contributed by atoms with Crippen molar-refractivity contribution >= 4 is 5.97 Å². The maximum Gasteiger partial charge on any atom is 0.340 e. The predicted octanol–water partition coefficient (Wildman–Crippen LogP) is 3.66. The fourth-order valence-electron chi connectivity index (χ4n) is 2.14. The topological polar surface area (TPSA) is 38.8 Å². The molecule has 4 nitrogen and oxygen atoms in total. The van der Waals surface area contributed by atoms with E-state index in [9.17, 15) is 4.79 Å². The third kappa shape index (κ3) is 4.96. The molecule has 4 heteroatoms. The van der Waals surface area contributed by atoms with Gasteiger partial charge in [0.2, 0.25) is 0 Å². The number of carbonyl (C=O) groups is 1. The van der Waals surface area contributed by atoms with Crippen LogP contribution in [0.1, 0.15) is 41.5 Å². The number of hydrogen-bond acceptors (Lipinski definition) is 4. The van der Waals surface area contributed by atoms with Gasteiger partial charge in [0.15, 0.2) is 0 Å². The van der Waals surface area contributed by atoms with Crippen molar-refractivity contribution in [2.75, 3.05) is 20.2 Å². The Morgan fingerprint density at radius 3 is 2.52 bits per heavy atom. The largest absolute Gasteiger partial charge is 0.486 e.